The summed E-state index contributed by atoms with van der Waals surface area (Å²) in [7, 11) is 3.40. The molecular formula is C19H24NO2+. The lowest BCUT2D eigenvalue weighted by molar-refractivity contribution is -0.712. The monoisotopic (exact) mass is 298 g/mol. The molecule has 0 saturated heterocycles. The molecule has 1 atom stereocenters. The van der Waals surface area contributed by atoms with E-state index in [2.05, 4.69) is 35.6 Å². The van der Waals surface area contributed by atoms with Gasteiger partial charge in [-0.15, -0.1) is 0 Å². The van der Waals surface area contributed by atoms with Gasteiger partial charge >= 0.3 is 0 Å². The summed E-state index contributed by atoms with van der Waals surface area (Å²) in [6, 6.07) is 15.5. The van der Waals surface area contributed by atoms with Crippen LogP contribution in [0.25, 0.3) is 0 Å². The molecule has 0 aromatic heterocycles. The van der Waals surface area contributed by atoms with Crippen molar-refractivity contribution in [3.05, 3.63) is 59.2 Å². The molecule has 0 bridgehead atoms. The highest BCUT2D eigenvalue weighted by Gasteiger charge is 2.22. The molecule has 2 aromatic rings. The first-order valence-corrected chi connectivity index (χ1v) is 7.94. The minimum Gasteiger partial charge on any atom is -0.497 e. The highest BCUT2D eigenvalue weighted by molar-refractivity contribution is 5.40. The van der Waals surface area contributed by atoms with Gasteiger partial charge < -0.3 is 14.8 Å². The molecule has 0 spiro atoms. The van der Waals surface area contributed by atoms with E-state index in [0.717, 1.165) is 18.0 Å². The maximum absolute atomic E-state index is 5.50. The molecular weight excluding hydrogens is 274 g/mol. The molecule has 22 heavy (non-hydrogen) atoms. The Hall–Kier alpha value is -2.00. The van der Waals surface area contributed by atoms with Crippen LogP contribution in [-0.4, -0.2) is 14.2 Å². The Kier molecular flexibility index (Phi) is 4.64. The van der Waals surface area contributed by atoms with Gasteiger partial charge in [0.1, 0.15) is 24.1 Å². The lowest BCUT2D eigenvalue weighted by Gasteiger charge is -2.24. The smallest absolute Gasteiger partial charge is 0.131 e. The van der Waals surface area contributed by atoms with Crippen molar-refractivity contribution in [2.24, 2.45) is 0 Å². The number of hydrogen-bond acceptors (Lipinski definition) is 2. The third kappa shape index (κ3) is 3.09. The van der Waals surface area contributed by atoms with Crippen molar-refractivity contribution in [2.45, 2.75) is 31.8 Å². The van der Waals surface area contributed by atoms with E-state index < -0.39 is 0 Å². The van der Waals surface area contributed by atoms with Gasteiger partial charge in [-0.25, -0.2) is 0 Å². The number of rotatable bonds is 5. The Morgan fingerprint density at radius 2 is 1.95 bits per heavy atom. The van der Waals surface area contributed by atoms with Crippen LogP contribution < -0.4 is 14.8 Å². The quantitative estimate of drug-likeness (QED) is 0.921. The molecule has 0 saturated carbocycles. The summed E-state index contributed by atoms with van der Waals surface area (Å²) >= 11 is 0. The molecule has 0 unspecified atom stereocenters. The summed E-state index contributed by atoms with van der Waals surface area (Å²) < 4.78 is 10.8. The summed E-state index contributed by atoms with van der Waals surface area (Å²) in [6.45, 7) is 0.923. The predicted octanol–water partition coefficient (Wildman–Crippen LogP) is 2.84. The minimum atomic E-state index is 0.553. The molecule has 3 heteroatoms. The molecule has 2 aromatic carbocycles. The van der Waals surface area contributed by atoms with Gasteiger partial charge in [0.2, 0.25) is 0 Å². The maximum Gasteiger partial charge on any atom is 0.131 e. The van der Waals surface area contributed by atoms with Gasteiger partial charge in [-0.2, -0.15) is 0 Å². The highest BCUT2D eigenvalue weighted by Crippen LogP contribution is 2.28. The van der Waals surface area contributed by atoms with Crippen molar-refractivity contribution in [1.82, 2.24) is 0 Å². The standard InChI is InChI=1S/C19H23NO2/c1-21-16-11-10-15(19(12-16)22-2)13-20-18-9-5-7-14-6-3-4-8-17(14)18/h3-4,6,8,10-12,18,20H,5,7,9,13H2,1-2H3/p+1/t18-/m1/s1. The fraction of sp³-hybridized carbons (Fsp3) is 0.368. The van der Waals surface area contributed by atoms with E-state index in [9.17, 15) is 0 Å². The summed E-state index contributed by atoms with van der Waals surface area (Å²) in [5.41, 5.74) is 4.23. The SMILES string of the molecule is COc1ccc(C[NH2+][C@@H]2CCCc3ccccc32)c(OC)c1. The zero-order chi connectivity index (χ0) is 15.4. The van der Waals surface area contributed by atoms with Crippen molar-refractivity contribution in [3.63, 3.8) is 0 Å². The molecule has 1 aliphatic carbocycles. The zero-order valence-corrected chi connectivity index (χ0v) is 13.3. The number of benzene rings is 2. The van der Waals surface area contributed by atoms with Crippen LogP contribution in [0.4, 0.5) is 0 Å². The largest absolute Gasteiger partial charge is 0.497 e. The van der Waals surface area contributed by atoms with Crippen molar-refractivity contribution in [3.8, 4) is 11.5 Å². The second-order valence-electron chi connectivity index (χ2n) is 5.82. The molecule has 2 N–H and O–H groups in total. The summed E-state index contributed by atoms with van der Waals surface area (Å²) in [5, 5.41) is 2.43. The van der Waals surface area contributed by atoms with E-state index in [1.54, 1.807) is 14.2 Å². The Morgan fingerprint density at radius 1 is 1.09 bits per heavy atom. The van der Waals surface area contributed by atoms with Crippen molar-refractivity contribution < 1.29 is 14.8 Å². The summed E-state index contributed by atoms with van der Waals surface area (Å²) in [6.07, 6.45) is 3.74. The van der Waals surface area contributed by atoms with Gasteiger partial charge in [-0.3, -0.25) is 0 Å². The Labute approximate surface area is 132 Å². The van der Waals surface area contributed by atoms with E-state index in [1.807, 2.05) is 12.1 Å². The molecule has 1 aliphatic rings. The number of hydrogen-bond donors (Lipinski definition) is 1. The van der Waals surface area contributed by atoms with Crippen LogP contribution >= 0.6 is 0 Å². The normalized spacial score (nSPS) is 16.9. The number of methoxy groups -OCH3 is 2. The van der Waals surface area contributed by atoms with Gasteiger partial charge in [0.05, 0.1) is 14.2 Å². The van der Waals surface area contributed by atoms with E-state index in [-0.39, 0.29) is 0 Å². The zero-order valence-electron chi connectivity index (χ0n) is 13.3. The maximum atomic E-state index is 5.50. The molecule has 0 amide bonds. The second kappa shape index (κ2) is 6.84. The molecule has 0 aliphatic heterocycles. The summed E-state index contributed by atoms with van der Waals surface area (Å²) in [5.74, 6) is 1.74. The van der Waals surface area contributed by atoms with Crippen LogP contribution in [-0.2, 0) is 13.0 Å². The average Bonchev–Trinajstić information content (AvgIpc) is 2.59. The second-order valence-corrected chi connectivity index (χ2v) is 5.82. The Bertz CT molecular complexity index is 639. The first-order chi connectivity index (χ1) is 10.8. The lowest BCUT2D eigenvalue weighted by atomic mass is 9.87. The van der Waals surface area contributed by atoms with Gasteiger partial charge in [0.15, 0.2) is 0 Å². The molecule has 0 fully saturated rings. The molecule has 3 rings (SSSR count). The predicted molar refractivity (Wildman–Crippen MR) is 87.3 cm³/mol. The van der Waals surface area contributed by atoms with Gasteiger partial charge in [-0.1, -0.05) is 24.3 Å². The van der Waals surface area contributed by atoms with E-state index in [4.69, 9.17) is 9.47 Å². The summed E-state index contributed by atoms with van der Waals surface area (Å²) in [4.78, 5) is 0. The number of aryl methyl sites for hydroxylation is 1. The Morgan fingerprint density at radius 3 is 2.77 bits per heavy atom. The van der Waals surface area contributed by atoms with E-state index >= 15 is 0 Å². The first kappa shape index (κ1) is 14.9. The van der Waals surface area contributed by atoms with Crippen LogP contribution in [0, 0.1) is 0 Å². The molecule has 0 radical (unpaired) electrons. The minimum absolute atomic E-state index is 0.553. The van der Waals surface area contributed by atoms with Crippen LogP contribution in [0.15, 0.2) is 42.5 Å². The van der Waals surface area contributed by atoms with E-state index in [0.29, 0.717) is 6.04 Å². The molecule has 0 heterocycles. The van der Waals surface area contributed by atoms with Gasteiger partial charge in [0, 0.05) is 23.6 Å². The number of nitrogens with two attached hydrogens (primary N) is 1. The third-order valence-corrected chi connectivity index (χ3v) is 4.53. The number of quaternary nitrogens is 1. The fourth-order valence-corrected chi connectivity index (χ4v) is 3.33. The van der Waals surface area contributed by atoms with Crippen LogP contribution in [0.2, 0.25) is 0 Å². The van der Waals surface area contributed by atoms with Crippen LogP contribution in [0.1, 0.15) is 35.6 Å². The van der Waals surface area contributed by atoms with Gasteiger partial charge in [0.25, 0.3) is 0 Å². The average molecular weight is 298 g/mol. The van der Waals surface area contributed by atoms with Crippen molar-refractivity contribution >= 4 is 0 Å². The van der Waals surface area contributed by atoms with E-state index in [1.165, 1.54) is 36.0 Å². The van der Waals surface area contributed by atoms with Crippen LogP contribution in [0.3, 0.4) is 0 Å². The van der Waals surface area contributed by atoms with Gasteiger partial charge in [-0.05, 0) is 30.5 Å². The van der Waals surface area contributed by atoms with Crippen molar-refractivity contribution in [2.75, 3.05) is 14.2 Å². The first-order valence-electron chi connectivity index (χ1n) is 7.94. The number of ether oxygens (including phenoxy) is 2. The topological polar surface area (TPSA) is 35.1 Å². The highest BCUT2D eigenvalue weighted by atomic mass is 16.5. The molecule has 116 valence electrons. The Balaban J connectivity index is 1.73. The molecule has 3 nitrogen and oxygen atoms in total. The van der Waals surface area contributed by atoms with Crippen LogP contribution in [0.5, 0.6) is 11.5 Å². The fourth-order valence-electron chi connectivity index (χ4n) is 3.33. The third-order valence-electron chi connectivity index (χ3n) is 4.53. The number of fused-ring (bicyclic) bond motifs is 1. The van der Waals surface area contributed by atoms with Crippen molar-refractivity contribution in [1.29, 1.82) is 0 Å². The lowest BCUT2D eigenvalue weighted by Crippen LogP contribution is -2.84.